The molecule has 12 heavy (non-hydrogen) atoms. The molecule has 0 unspecified atom stereocenters. The van der Waals surface area contributed by atoms with Crippen molar-refractivity contribution in [3.8, 4) is 10.6 Å². The number of hydrogen-bond donors (Lipinski definition) is 0. The smallest absolute Gasteiger partial charge is 0.149 e. The molecule has 4 heteroatoms. The second-order valence-corrected chi connectivity index (χ2v) is 3.21. The van der Waals surface area contributed by atoms with Crippen LogP contribution in [-0.4, -0.2) is 15.2 Å². The van der Waals surface area contributed by atoms with Crippen LogP contribution in [-0.2, 0) is 0 Å². The summed E-state index contributed by atoms with van der Waals surface area (Å²) in [5.41, 5.74) is 3.79. The summed E-state index contributed by atoms with van der Waals surface area (Å²) in [7, 11) is 0. The molecule has 2 aromatic rings. The summed E-state index contributed by atoms with van der Waals surface area (Å²) in [6, 6.07) is 3.91. The van der Waals surface area contributed by atoms with Gasteiger partial charge in [-0.25, -0.2) is 0 Å². The van der Waals surface area contributed by atoms with Gasteiger partial charge in [0.1, 0.15) is 10.5 Å². The van der Waals surface area contributed by atoms with E-state index in [9.17, 15) is 0 Å². The Morgan fingerprint density at radius 3 is 3.00 bits per heavy atom. The summed E-state index contributed by atoms with van der Waals surface area (Å²) in [6.07, 6.45) is 1.78. The van der Waals surface area contributed by atoms with Gasteiger partial charge in [0.05, 0.1) is 0 Å². The molecule has 0 saturated carbocycles. The first-order chi connectivity index (χ1) is 5.88. The zero-order chi connectivity index (χ0) is 8.39. The third-order valence-corrected chi connectivity index (χ3v) is 2.32. The average molecular weight is 177 g/mol. The van der Waals surface area contributed by atoms with Gasteiger partial charge in [-0.2, -0.15) is 0 Å². The molecule has 2 rings (SSSR count). The molecule has 60 valence electrons. The molecule has 0 radical (unpaired) electrons. The van der Waals surface area contributed by atoms with Crippen molar-refractivity contribution < 1.29 is 0 Å². The number of nitrogens with zero attached hydrogens (tertiary/aromatic N) is 3. The summed E-state index contributed by atoms with van der Waals surface area (Å²) in [4.78, 5) is 4.17. The van der Waals surface area contributed by atoms with Gasteiger partial charge in [0.15, 0.2) is 0 Å². The molecule has 0 aliphatic heterocycles. The second kappa shape index (κ2) is 2.98. The molecule has 0 aromatic carbocycles. The highest BCUT2D eigenvalue weighted by Gasteiger charge is 2.03. The van der Waals surface area contributed by atoms with Crippen molar-refractivity contribution in [2.24, 2.45) is 0 Å². The molecule has 0 N–H and O–H groups in total. The van der Waals surface area contributed by atoms with Crippen LogP contribution in [0.2, 0.25) is 0 Å². The van der Waals surface area contributed by atoms with Gasteiger partial charge in [-0.1, -0.05) is 11.3 Å². The van der Waals surface area contributed by atoms with Gasteiger partial charge in [-0.3, -0.25) is 4.98 Å². The van der Waals surface area contributed by atoms with E-state index in [1.54, 1.807) is 11.7 Å². The molecule has 0 bridgehead atoms. The number of rotatable bonds is 1. The minimum atomic E-state index is 0.931. The quantitative estimate of drug-likeness (QED) is 0.667. The number of hydrogen-bond acceptors (Lipinski definition) is 4. The summed E-state index contributed by atoms with van der Waals surface area (Å²) in [5.74, 6) is 0. The SMILES string of the molecule is Cc1ncccc1-c1nncs1. The van der Waals surface area contributed by atoms with Crippen molar-refractivity contribution in [1.82, 2.24) is 15.2 Å². The summed E-state index contributed by atoms with van der Waals surface area (Å²) in [5, 5.41) is 8.69. The normalized spacial score (nSPS) is 10.1. The van der Waals surface area contributed by atoms with E-state index >= 15 is 0 Å². The van der Waals surface area contributed by atoms with E-state index in [1.807, 2.05) is 19.1 Å². The van der Waals surface area contributed by atoms with Gasteiger partial charge in [-0.05, 0) is 19.1 Å². The van der Waals surface area contributed by atoms with E-state index in [2.05, 4.69) is 15.2 Å². The van der Waals surface area contributed by atoms with E-state index in [0.29, 0.717) is 0 Å². The van der Waals surface area contributed by atoms with Crippen LogP contribution in [0.4, 0.5) is 0 Å². The highest BCUT2D eigenvalue weighted by molar-refractivity contribution is 7.12. The standard InChI is InChI=1S/C8H7N3S/c1-6-7(3-2-4-9-6)8-11-10-5-12-8/h2-5H,1H3. The predicted molar refractivity (Wildman–Crippen MR) is 47.9 cm³/mol. The van der Waals surface area contributed by atoms with E-state index in [4.69, 9.17) is 0 Å². The lowest BCUT2D eigenvalue weighted by molar-refractivity contribution is 1.09. The van der Waals surface area contributed by atoms with Crippen LogP contribution < -0.4 is 0 Å². The van der Waals surface area contributed by atoms with Gasteiger partial charge in [0.25, 0.3) is 0 Å². The monoisotopic (exact) mass is 177 g/mol. The van der Waals surface area contributed by atoms with Crippen LogP contribution in [0.15, 0.2) is 23.8 Å². The van der Waals surface area contributed by atoms with E-state index in [1.165, 1.54) is 11.3 Å². The van der Waals surface area contributed by atoms with Gasteiger partial charge < -0.3 is 0 Å². The Morgan fingerprint density at radius 1 is 1.42 bits per heavy atom. The van der Waals surface area contributed by atoms with Crippen molar-refractivity contribution in [2.75, 3.05) is 0 Å². The van der Waals surface area contributed by atoms with E-state index in [-0.39, 0.29) is 0 Å². The van der Waals surface area contributed by atoms with Gasteiger partial charge in [0.2, 0.25) is 0 Å². The first kappa shape index (κ1) is 7.36. The zero-order valence-electron chi connectivity index (χ0n) is 6.56. The third-order valence-electron chi connectivity index (χ3n) is 1.60. The number of aryl methyl sites for hydroxylation is 1. The second-order valence-electron chi connectivity index (χ2n) is 2.38. The molecular weight excluding hydrogens is 170 g/mol. The molecule has 0 aliphatic rings. The van der Waals surface area contributed by atoms with Crippen LogP contribution in [0.3, 0.4) is 0 Å². The molecule has 0 aliphatic carbocycles. The van der Waals surface area contributed by atoms with E-state index in [0.717, 1.165) is 16.3 Å². The van der Waals surface area contributed by atoms with Crippen LogP contribution in [0.5, 0.6) is 0 Å². The molecule has 0 saturated heterocycles. The van der Waals surface area contributed by atoms with Gasteiger partial charge >= 0.3 is 0 Å². The molecule has 0 fully saturated rings. The van der Waals surface area contributed by atoms with Crippen molar-refractivity contribution in [2.45, 2.75) is 6.92 Å². The molecule has 0 spiro atoms. The van der Waals surface area contributed by atoms with Crippen molar-refractivity contribution >= 4 is 11.3 Å². The maximum Gasteiger partial charge on any atom is 0.149 e. The first-order valence-corrected chi connectivity index (χ1v) is 4.44. The Bertz CT molecular complexity index is 370. The van der Waals surface area contributed by atoms with Crippen LogP contribution in [0.1, 0.15) is 5.69 Å². The fourth-order valence-corrected chi connectivity index (χ4v) is 1.63. The first-order valence-electron chi connectivity index (χ1n) is 3.56. The highest BCUT2D eigenvalue weighted by Crippen LogP contribution is 2.21. The highest BCUT2D eigenvalue weighted by atomic mass is 32.1. The maximum atomic E-state index is 4.17. The van der Waals surface area contributed by atoms with Crippen LogP contribution >= 0.6 is 11.3 Å². The number of pyridine rings is 1. The van der Waals surface area contributed by atoms with Crippen LogP contribution in [0.25, 0.3) is 10.6 Å². The van der Waals surface area contributed by atoms with Crippen LogP contribution in [0, 0.1) is 6.92 Å². The molecule has 0 amide bonds. The van der Waals surface area contributed by atoms with Crippen molar-refractivity contribution in [3.05, 3.63) is 29.5 Å². The Kier molecular flexibility index (Phi) is 1.83. The molecule has 0 atom stereocenters. The van der Waals surface area contributed by atoms with Crippen molar-refractivity contribution in [3.63, 3.8) is 0 Å². The Morgan fingerprint density at radius 2 is 2.33 bits per heavy atom. The topological polar surface area (TPSA) is 38.7 Å². The molecular formula is C8H7N3S. The van der Waals surface area contributed by atoms with E-state index < -0.39 is 0 Å². The Hall–Kier alpha value is -1.29. The van der Waals surface area contributed by atoms with Gasteiger partial charge in [0, 0.05) is 17.5 Å². The predicted octanol–water partition coefficient (Wildman–Crippen LogP) is 1.91. The zero-order valence-corrected chi connectivity index (χ0v) is 7.38. The average Bonchev–Trinajstić information content (AvgIpc) is 2.57. The lowest BCUT2D eigenvalue weighted by Gasteiger charge is -1.97. The lowest BCUT2D eigenvalue weighted by atomic mass is 10.2. The minimum absolute atomic E-state index is 0.931. The lowest BCUT2D eigenvalue weighted by Crippen LogP contribution is -1.85. The fourth-order valence-electron chi connectivity index (χ4n) is 1.00. The minimum Gasteiger partial charge on any atom is -0.261 e. The van der Waals surface area contributed by atoms with Gasteiger partial charge in [-0.15, -0.1) is 10.2 Å². The maximum absolute atomic E-state index is 4.17. The molecule has 2 aromatic heterocycles. The summed E-state index contributed by atoms with van der Waals surface area (Å²) in [6.45, 7) is 1.97. The summed E-state index contributed by atoms with van der Waals surface area (Å²) < 4.78 is 0. The largest absolute Gasteiger partial charge is 0.261 e. The molecule has 2 heterocycles. The number of aromatic nitrogens is 3. The summed E-state index contributed by atoms with van der Waals surface area (Å²) >= 11 is 1.53. The Labute approximate surface area is 74.1 Å². The fraction of sp³-hybridized carbons (Fsp3) is 0.125. The Balaban J connectivity index is 2.55. The third kappa shape index (κ3) is 1.21. The van der Waals surface area contributed by atoms with Crippen molar-refractivity contribution in [1.29, 1.82) is 0 Å². The molecule has 3 nitrogen and oxygen atoms in total.